The van der Waals surface area contributed by atoms with Gasteiger partial charge in [-0.2, -0.15) is 0 Å². The van der Waals surface area contributed by atoms with Crippen LogP contribution in [0, 0.1) is 5.41 Å². The lowest BCUT2D eigenvalue weighted by molar-refractivity contribution is -0.144. The first-order chi connectivity index (χ1) is 12.0. The van der Waals surface area contributed by atoms with E-state index in [1.807, 2.05) is 27.5 Å². The van der Waals surface area contributed by atoms with E-state index in [4.69, 9.17) is 4.74 Å². The van der Waals surface area contributed by atoms with Crippen molar-refractivity contribution in [1.29, 1.82) is 0 Å². The third kappa shape index (κ3) is 3.86. The van der Waals surface area contributed by atoms with Gasteiger partial charge >= 0.3 is 0 Å². The van der Waals surface area contributed by atoms with Crippen molar-refractivity contribution in [2.24, 2.45) is 5.41 Å². The Morgan fingerprint density at radius 3 is 2.76 bits per heavy atom. The molecule has 2 amide bonds. The van der Waals surface area contributed by atoms with E-state index in [2.05, 4.69) is 4.98 Å². The second kappa shape index (κ2) is 7.56. The Morgan fingerprint density at radius 1 is 1.36 bits per heavy atom. The summed E-state index contributed by atoms with van der Waals surface area (Å²) < 4.78 is 6.97. The standard InChI is InChI=1S/C18H28N4O3/c1-15(22-10-7-19-14-22)17(24)20-8-5-18(6-9-20)4-3-16(23)21(13-18)11-12-25-2/h7,10,14-15H,3-6,8-9,11-13H2,1-2H3. The Balaban J connectivity index is 1.57. The highest BCUT2D eigenvalue weighted by atomic mass is 16.5. The summed E-state index contributed by atoms with van der Waals surface area (Å²) in [5.74, 6) is 0.380. The summed E-state index contributed by atoms with van der Waals surface area (Å²) in [6.45, 7) is 5.50. The zero-order chi connectivity index (χ0) is 17.9. The van der Waals surface area contributed by atoms with Crippen molar-refractivity contribution in [2.45, 2.75) is 38.6 Å². The number of methoxy groups -OCH3 is 1. The van der Waals surface area contributed by atoms with Gasteiger partial charge in [-0.1, -0.05) is 0 Å². The molecule has 2 fully saturated rings. The number of hydrogen-bond acceptors (Lipinski definition) is 4. The highest BCUT2D eigenvalue weighted by Gasteiger charge is 2.42. The zero-order valence-electron chi connectivity index (χ0n) is 15.2. The second-order valence-electron chi connectivity index (χ2n) is 7.32. The summed E-state index contributed by atoms with van der Waals surface area (Å²) in [6, 6.07) is -0.220. The number of piperidine rings is 2. The van der Waals surface area contributed by atoms with Crippen LogP contribution < -0.4 is 0 Å². The summed E-state index contributed by atoms with van der Waals surface area (Å²) in [5.41, 5.74) is 0.163. The summed E-state index contributed by atoms with van der Waals surface area (Å²) in [6.07, 6.45) is 8.70. The van der Waals surface area contributed by atoms with Crippen molar-refractivity contribution in [3.63, 3.8) is 0 Å². The molecule has 0 radical (unpaired) electrons. The molecule has 0 aliphatic carbocycles. The van der Waals surface area contributed by atoms with Gasteiger partial charge in [0.05, 0.1) is 12.9 Å². The molecular formula is C18H28N4O3. The Kier molecular flexibility index (Phi) is 5.42. The van der Waals surface area contributed by atoms with Gasteiger partial charge in [0.25, 0.3) is 0 Å². The van der Waals surface area contributed by atoms with Crippen LogP contribution in [0.2, 0.25) is 0 Å². The average Bonchev–Trinajstić information content (AvgIpc) is 3.17. The summed E-state index contributed by atoms with van der Waals surface area (Å²) in [5, 5.41) is 0. The van der Waals surface area contributed by atoms with Crippen LogP contribution in [-0.2, 0) is 14.3 Å². The minimum absolute atomic E-state index is 0.149. The number of imidazole rings is 1. The van der Waals surface area contributed by atoms with Gasteiger partial charge in [0.2, 0.25) is 11.8 Å². The number of carbonyl (C=O) groups is 2. The van der Waals surface area contributed by atoms with Crippen LogP contribution in [0.5, 0.6) is 0 Å². The first kappa shape index (κ1) is 17.9. The fraction of sp³-hybridized carbons (Fsp3) is 0.722. The van der Waals surface area contributed by atoms with Crippen molar-refractivity contribution < 1.29 is 14.3 Å². The number of ether oxygens (including phenoxy) is 1. The van der Waals surface area contributed by atoms with E-state index in [0.29, 0.717) is 19.6 Å². The highest BCUT2D eigenvalue weighted by Crippen LogP contribution is 2.40. The molecule has 0 bridgehead atoms. The molecular weight excluding hydrogens is 320 g/mol. The van der Waals surface area contributed by atoms with Crippen LogP contribution in [0.3, 0.4) is 0 Å². The van der Waals surface area contributed by atoms with Crippen LogP contribution in [-0.4, -0.2) is 71.1 Å². The lowest BCUT2D eigenvalue weighted by atomic mass is 9.72. The molecule has 7 heteroatoms. The molecule has 1 atom stereocenters. The number of amides is 2. The Labute approximate surface area is 148 Å². The Hall–Kier alpha value is -1.89. The monoisotopic (exact) mass is 348 g/mol. The normalized spacial score (nSPS) is 21.6. The minimum atomic E-state index is -0.220. The van der Waals surface area contributed by atoms with Crippen molar-refractivity contribution >= 4 is 11.8 Å². The van der Waals surface area contributed by atoms with E-state index < -0.39 is 0 Å². The quantitative estimate of drug-likeness (QED) is 0.805. The molecule has 0 saturated carbocycles. The van der Waals surface area contributed by atoms with Crippen LogP contribution in [0.15, 0.2) is 18.7 Å². The fourth-order valence-electron chi connectivity index (χ4n) is 4.01. The minimum Gasteiger partial charge on any atom is -0.383 e. The summed E-state index contributed by atoms with van der Waals surface area (Å²) in [4.78, 5) is 32.8. The predicted molar refractivity (Wildman–Crippen MR) is 92.9 cm³/mol. The molecule has 1 spiro atoms. The molecule has 2 aliphatic rings. The van der Waals surface area contributed by atoms with E-state index in [0.717, 1.165) is 38.9 Å². The van der Waals surface area contributed by atoms with Gasteiger partial charge in [0.1, 0.15) is 6.04 Å². The van der Waals surface area contributed by atoms with E-state index in [9.17, 15) is 9.59 Å². The number of carbonyl (C=O) groups excluding carboxylic acids is 2. The maximum Gasteiger partial charge on any atom is 0.245 e. The van der Waals surface area contributed by atoms with E-state index in [1.165, 1.54) is 0 Å². The van der Waals surface area contributed by atoms with Crippen LogP contribution in [0.25, 0.3) is 0 Å². The lowest BCUT2D eigenvalue weighted by Gasteiger charge is -2.47. The molecule has 138 valence electrons. The molecule has 25 heavy (non-hydrogen) atoms. The smallest absolute Gasteiger partial charge is 0.245 e. The van der Waals surface area contributed by atoms with E-state index in [-0.39, 0.29) is 23.3 Å². The van der Waals surface area contributed by atoms with Gasteiger partial charge in [-0.15, -0.1) is 0 Å². The SMILES string of the molecule is COCCN1CC2(CCC1=O)CCN(C(=O)C(C)n1ccnc1)CC2. The summed E-state index contributed by atoms with van der Waals surface area (Å²) in [7, 11) is 1.66. The van der Waals surface area contributed by atoms with E-state index >= 15 is 0 Å². The van der Waals surface area contributed by atoms with Crippen LogP contribution >= 0.6 is 0 Å². The van der Waals surface area contributed by atoms with Gasteiger partial charge in [-0.05, 0) is 31.6 Å². The zero-order valence-corrected chi connectivity index (χ0v) is 15.2. The maximum absolute atomic E-state index is 12.7. The van der Waals surface area contributed by atoms with E-state index in [1.54, 1.807) is 19.6 Å². The molecule has 0 N–H and O–H groups in total. The van der Waals surface area contributed by atoms with Crippen molar-refractivity contribution in [3.05, 3.63) is 18.7 Å². The number of likely N-dealkylation sites (tertiary alicyclic amines) is 2. The lowest BCUT2D eigenvalue weighted by Crippen LogP contribution is -2.53. The predicted octanol–water partition coefficient (Wildman–Crippen LogP) is 1.32. The molecule has 1 aromatic heterocycles. The van der Waals surface area contributed by atoms with Gasteiger partial charge < -0.3 is 19.1 Å². The van der Waals surface area contributed by atoms with Crippen LogP contribution in [0.1, 0.15) is 38.6 Å². The van der Waals surface area contributed by atoms with Crippen molar-refractivity contribution in [3.8, 4) is 0 Å². The first-order valence-corrected chi connectivity index (χ1v) is 9.08. The molecule has 1 aromatic rings. The molecule has 2 aliphatic heterocycles. The molecule has 3 heterocycles. The summed E-state index contributed by atoms with van der Waals surface area (Å²) >= 11 is 0. The third-order valence-corrected chi connectivity index (χ3v) is 5.78. The van der Waals surface area contributed by atoms with Gasteiger partial charge in [0, 0.05) is 52.1 Å². The number of hydrogen-bond donors (Lipinski definition) is 0. The number of aromatic nitrogens is 2. The number of rotatable bonds is 5. The van der Waals surface area contributed by atoms with Crippen molar-refractivity contribution in [1.82, 2.24) is 19.4 Å². The maximum atomic E-state index is 12.7. The topological polar surface area (TPSA) is 67.7 Å². The van der Waals surface area contributed by atoms with Crippen molar-refractivity contribution in [2.75, 3.05) is 39.9 Å². The first-order valence-electron chi connectivity index (χ1n) is 9.08. The largest absolute Gasteiger partial charge is 0.383 e. The Bertz CT molecular complexity index is 593. The fourth-order valence-corrected chi connectivity index (χ4v) is 4.01. The molecule has 3 rings (SSSR count). The van der Waals surface area contributed by atoms with Gasteiger partial charge in [0.15, 0.2) is 0 Å². The van der Waals surface area contributed by atoms with Gasteiger partial charge in [-0.25, -0.2) is 4.98 Å². The molecule has 1 unspecified atom stereocenters. The Morgan fingerprint density at radius 2 is 2.12 bits per heavy atom. The van der Waals surface area contributed by atoms with Gasteiger partial charge in [-0.3, -0.25) is 9.59 Å². The molecule has 7 nitrogen and oxygen atoms in total. The third-order valence-electron chi connectivity index (χ3n) is 5.78. The second-order valence-corrected chi connectivity index (χ2v) is 7.32. The average molecular weight is 348 g/mol. The highest BCUT2D eigenvalue weighted by molar-refractivity contribution is 5.80. The van der Waals surface area contributed by atoms with Crippen LogP contribution in [0.4, 0.5) is 0 Å². The molecule has 2 saturated heterocycles. The molecule has 0 aromatic carbocycles. The number of nitrogens with zero attached hydrogens (tertiary/aromatic N) is 4.